The van der Waals surface area contributed by atoms with Gasteiger partial charge in [-0.15, -0.1) is 0 Å². The van der Waals surface area contributed by atoms with Crippen LogP contribution in [0.15, 0.2) is 24.3 Å². The van der Waals surface area contributed by atoms with Crippen LogP contribution in [0.1, 0.15) is 34.5 Å². The number of phenols is 1. The molecule has 0 saturated carbocycles. The lowest BCUT2D eigenvalue weighted by atomic mass is 9.82. The quantitative estimate of drug-likeness (QED) is 0.880. The monoisotopic (exact) mass is 357 g/mol. The molecule has 0 saturated heterocycles. The Morgan fingerprint density at radius 2 is 1.77 bits per heavy atom. The van der Waals surface area contributed by atoms with Crippen molar-refractivity contribution in [1.29, 1.82) is 0 Å². The van der Waals surface area contributed by atoms with Crippen LogP contribution in [-0.2, 0) is 12.8 Å². The Morgan fingerprint density at radius 1 is 1.00 bits per heavy atom. The minimum absolute atomic E-state index is 0.0221. The molecule has 2 N–H and O–H groups in total. The van der Waals surface area contributed by atoms with Gasteiger partial charge in [0.05, 0.1) is 21.3 Å². The summed E-state index contributed by atoms with van der Waals surface area (Å²) in [6.45, 7) is 0.699. The van der Waals surface area contributed by atoms with Gasteiger partial charge in [-0.3, -0.25) is 4.90 Å². The molecule has 0 aliphatic carbocycles. The predicted octanol–water partition coefficient (Wildman–Crippen LogP) is 2.56. The highest BCUT2D eigenvalue weighted by Crippen LogP contribution is 2.49. The maximum Gasteiger partial charge on any atom is 0.168 e. The van der Waals surface area contributed by atoms with Crippen molar-refractivity contribution in [3.8, 4) is 23.0 Å². The largest absolute Gasteiger partial charge is 0.504 e. The average Bonchev–Trinajstić information content (AvgIpc) is 2.66. The van der Waals surface area contributed by atoms with Crippen molar-refractivity contribution in [2.24, 2.45) is 0 Å². The van der Waals surface area contributed by atoms with Gasteiger partial charge in [0.25, 0.3) is 0 Å². The van der Waals surface area contributed by atoms with Crippen molar-refractivity contribution in [2.75, 3.05) is 27.9 Å². The number of phenolic OH excluding ortho intramolecular Hbond substituents is 1. The Morgan fingerprint density at radius 3 is 2.46 bits per heavy atom. The molecule has 138 valence electrons. The zero-order valence-electron chi connectivity index (χ0n) is 15.2. The molecule has 2 aromatic rings. The van der Waals surface area contributed by atoms with E-state index < -0.39 is 6.23 Å². The molecule has 0 fully saturated rings. The minimum atomic E-state index is -0.776. The van der Waals surface area contributed by atoms with Crippen LogP contribution in [0.3, 0.4) is 0 Å². The average molecular weight is 357 g/mol. The summed E-state index contributed by atoms with van der Waals surface area (Å²) in [6, 6.07) is 7.56. The Bertz CT molecular complexity index is 851. The number of hydrogen-bond donors (Lipinski definition) is 2. The van der Waals surface area contributed by atoms with Gasteiger partial charge in [0.15, 0.2) is 23.0 Å². The number of hydrogen-bond acceptors (Lipinski definition) is 6. The normalized spacial score (nSPS) is 21.4. The summed E-state index contributed by atoms with van der Waals surface area (Å²) in [6.07, 6.45) is 0.720. The van der Waals surface area contributed by atoms with Gasteiger partial charge in [0.1, 0.15) is 6.23 Å². The molecule has 0 radical (unpaired) electrons. The fourth-order valence-electron chi connectivity index (χ4n) is 4.25. The summed E-state index contributed by atoms with van der Waals surface area (Å²) in [5.41, 5.74) is 4.00. The summed E-state index contributed by atoms with van der Waals surface area (Å²) < 4.78 is 16.2. The molecule has 6 nitrogen and oxygen atoms in total. The molecule has 4 rings (SSSR count). The summed E-state index contributed by atoms with van der Waals surface area (Å²) in [7, 11) is 4.73. The Labute approximate surface area is 152 Å². The van der Waals surface area contributed by atoms with E-state index in [1.54, 1.807) is 27.4 Å². The third-order valence-electron chi connectivity index (χ3n) is 5.50. The van der Waals surface area contributed by atoms with Gasteiger partial charge in [0.2, 0.25) is 0 Å². The predicted molar refractivity (Wildman–Crippen MR) is 96.0 cm³/mol. The van der Waals surface area contributed by atoms with E-state index in [1.165, 1.54) is 0 Å². The number of rotatable bonds is 3. The van der Waals surface area contributed by atoms with Crippen LogP contribution < -0.4 is 14.2 Å². The van der Waals surface area contributed by atoms with E-state index in [-0.39, 0.29) is 11.8 Å². The molecule has 2 unspecified atom stereocenters. The number of fused-ring (bicyclic) bond motifs is 4. The maximum absolute atomic E-state index is 11.1. The second-order valence-corrected chi connectivity index (χ2v) is 6.68. The van der Waals surface area contributed by atoms with Crippen LogP contribution in [0.4, 0.5) is 0 Å². The van der Waals surface area contributed by atoms with Gasteiger partial charge in [0, 0.05) is 18.2 Å². The second kappa shape index (κ2) is 6.37. The third-order valence-corrected chi connectivity index (χ3v) is 5.50. The fourth-order valence-corrected chi connectivity index (χ4v) is 4.25. The first-order chi connectivity index (χ1) is 12.6. The second-order valence-electron chi connectivity index (χ2n) is 6.68. The lowest BCUT2D eigenvalue weighted by Gasteiger charge is -2.45. The highest BCUT2D eigenvalue weighted by atomic mass is 16.5. The lowest BCUT2D eigenvalue weighted by molar-refractivity contribution is -0.0448. The number of aliphatic hydroxyl groups excluding tert-OH is 1. The molecule has 2 aliphatic rings. The lowest BCUT2D eigenvalue weighted by Crippen LogP contribution is -2.42. The summed E-state index contributed by atoms with van der Waals surface area (Å²) in [4.78, 5) is 2.07. The molecular weight excluding hydrogens is 334 g/mol. The first kappa shape index (κ1) is 17.0. The van der Waals surface area contributed by atoms with E-state index in [1.807, 2.05) is 18.2 Å². The van der Waals surface area contributed by atoms with E-state index in [0.29, 0.717) is 23.8 Å². The first-order valence-corrected chi connectivity index (χ1v) is 8.66. The summed E-state index contributed by atoms with van der Waals surface area (Å²) >= 11 is 0. The molecule has 0 spiro atoms. The van der Waals surface area contributed by atoms with Crippen LogP contribution >= 0.6 is 0 Å². The van der Waals surface area contributed by atoms with E-state index in [4.69, 9.17) is 14.2 Å². The van der Waals surface area contributed by atoms with E-state index in [0.717, 1.165) is 35.1 Å². The van der Waals surface area contributed by atoms with Gasteiger partial charge >= 0.3 is 0 Å². The summed E-state index contributed by atoms with van der Waals surface area (Å²) in [5.74, 6) is 1.82. The zero-order chi connectivity index (χ0) is 18.4. The Kier molecular flexibility index (Phi) is 4.17. The van der Waals surface area contributed by atoms with Crippen molar-refractivity contribution >= 4 is 0 Å². The number of aliphatic hydroxyl groups is 1. The van der Waals surface area contributed by atoms with E-state index in [9.17, 15) is 10.2 Å². The van der Waals surface area contributed by atoms with Crippen molar-refractivity contribution in [2.45, 2.75) is 25.1 Å². The van der Waals surface area contributed by atoms with Crippen molar-refractivity contribution in [1.82, 2.24) is 4.90 Å². The highest BCUT2D eigenvalue weighted by molar-refractivity contribution is 5.55. The molecule has 6 heteroatoms. The molecule has 0 amide bonds. The smallest absolute Gasteiger partial charge is 0.168 e. The van der Waals surface area contributed by atoms with Crippen LogP contribution in [-0.4, -0.2) is 43.0 Å². The minimum Gasteiger partial charge on any atom is -0.504 e. The number of aromatic hydroxyl groups is 1. The zero-order valence-corrected chi connectivity index (χ0v) is 15.2. The molecular formula is C20H23NO5. The summed E-state index contributed by atoms with van der Waals surface area (Å²) in [5, 5.41) is 21.2. The van der Waals surface area contributed by atoms with Gasteiger partial charge in [-0.2, -0.15) is 0 Å². The number of benzene rings is 2. The highest BCUT2D eigenvalue weighted by Gasteiger charge is 2.40. The third kappa shape index (κ3) is 2.40. The van der Waals surface area contributed by atoms with Crippen LogP contribution in [0, 0.1) is 0 Å². The fraction of sp³-hybridized carbons (Fsp3) is 0.400. The van der Waals surface area contributed by atoms with Crippen LogP contribution in [0.2, 0.25) is 0 Å². The molecule has 0 aromatic heterocycles. The maximum atomic E-state index is 11.1. The van der Waals surface area contributed by atoms with Gasteiger partial charge in [-0.1, -0.05) is 6.07 Å². The number of ether oxygens (including phenoxy) is 3. The Hall–Kier alpha value is -2.44. The van der Waals surface area contributed by atoms with Gasteiger partial charge in [-0.25, -0.2) is 0 Å². The number of nitrogens with zero attached hydrogens (tertiary/aromatic N) is 1. The molecule has 2 atom stereocenters. The molecule has 0 bridgehead atoms. The van der Waals surface area contributed by atoms with E-state index >= 15 is 0 Å². The molecule has 2 aromatic carbocycles. The number of methoxy groups -OCH3 is 3. The molecule has 26 heavy (non-hydrogen) atoms. The van der Waals surface area contributed by atoms with Crippen LogP contribution in [0.25, 0.3) is 0 Å². The van der Waals surface area contributed by atoms with E-state index in [2.05, 4.69) is 4.90 Å². The first-order valence-electron chi connectivity index (χ1n) is 8.66. The van der Waals surface area contributed by atoms with Crippen molar-refractivity contribution < 1.29 is 24.4 Å². The van der Waals surface area contributed by atoms with Crippen molar-refractivity contribution in [3.63, 3.8) is 0 Å². The van der Waals surface area contributed by atoms with Crippen molar-refractivity contribution in [3.05, 3.63) is 46.5 Å². The van der Waals surface area contributed by atoms with Gasteiger partial charge < -0.3 is 24.4 Å². The molecule has 2 heterocycles. The van der Waals surface area contributed by atoms with Gasteiger partial charge in [-0.05, 0) is 47.7 Å². The Balaban J connectivity index is 1.83. The molecule has 2 aliphatic heterocycles. The SMILES string of the molecule is COc1cc2c(cc1O)CCN1C(O)c3c(ccc(OC)c3OC)CC21. The topological polar surface area (TPSA) is 71.4 Å². The van der Waals surface area contributed by atoms with Crippen LogP contribution in [0.5, 0.6) is 23.0 Å². The standard InChI is InChI=1S/C20H23NO5/c1-24-16-5-4-12-8-14-13-10-17(25-2)15(22)9-11(13)6-7-21(14)20(23)18(12)19(16)26-3/h4-5,9-10,14,20,22-23H,6-8H2,1-3H3.